The van der Waals surface area contributed by atoms with Gasteiger partial charge < -0.3 is 9.64 Å². The lowest BCUT2D eigenvalue weighted by Gasteiger charge is -2.13. The van der Waals surface area contributed by atoms with E-state index in [9.17, 15) is 9.59 Å². The highest BCUT2D eigenvalue weighted by Gasteiger charge is 2.36. The zero-order chi connectivity index (χ0) is 18.7. The third-order valence-electron chi connectivity index (χ3n) is 3.91. The minimum absolute atomic E-state index is 0.296. The monoisotopic (exact) mass is 368 g/mol. The average Bonchev–Trinajstić information content (AvgIpc) is 2.90. The molecule has 0 saturated carbocycles. The molecule has 0 atom stereocenters. The zero-order valence-electron chi connectivity index (χ0n) is 14.9. The van der Waals surface area contributed by atoms with Crippen LogP contribution in [0, 0.1) is 0 Å². The number of hydrogen-bond acceptors (Lipinski definition) is 5. The molecule has 0 radical (unpaired) electrons. The van der Waals surface area contributed by atoms with Gasteiger partial charge in [0.25, 0.3) is 11.1 Å². The molecule has 2 aromatic carbocycles. The third-order valence-corrected chi connectivity index (χ3v) is 4.78. The standard InChI is InChI=1S/C20H20N2O3S/c1-4-25-17-11-9-16(10-12-17)22-19(23)18(26-20(22)24)13-14-5-7-15(8-6-14)21(2)3/h5-13H,4H2,1-3H3/b18-13-. The molecule has 26 heavy (non-hydrogen) atoms. The van der Waals surface area contributed by atoms with Crippen molar-refractivity contribution in [3.05, 3.63) is 59.0 Å². The van der Waals surface area contributed by atoms with Crippen molar-refractivity contribution in [3.63, 3.8) is 0 Å². The van der Waals surface area contributed by atoms with Crippen LogP contribution in [-0.4, -0.2) is 31.8 Å². The predicted octanol–water partition coefficient (Wildman–Crippen LogP) is 4.39. The first kappa shape index (κ1) is 18.1. The Kier molecular flexibility index (Phi) is 5.32. The number of carbonyl (C=O) groups excluding carboxylic acids is 2. The summed E-state index contributed by atoms with van der Waals surface area (Å²) in [6, 6.07) is 14.8. The molecule has 0 aromatic heterocycles. The summed E-state index contributed by atoms with van der Waals surface area (Å²) in [5.74, 6) is 0.403. The van der Waals surface area contributed by atoms with E-state index in [0.717, 1.165) is 23.0 Å². The molecular weight excluding hydrogens is 348 g/mol. The highest BCUT2D eigenvalue weighted by molar-refractivity contribution is 8.19. The predicted molar refractivity (Wildman–Crippen MR) is 107 cm³/mol. The first-order valence-corrected chi connectivity index (χ1v) is 9.09. The number of nitrogens with zero attached hydrogens (tertiary/aromatic N) is 2. The molecule has 2 amide bonds. The van der Waals surface area contributed by atoms with E-state index in [2.05, 4.69) is 0 Å². The van der Waals surface area contributed by atoms with Gasteiger partial charge in [-0.3, -0.25) is 9.59 Å². The van der Waals surface area contributed by atoms with E-state index in [-0.39, 0.29) is 11.1 Å². The van der Waals surface area contributed by atoms with Crippen molar-refractivity contribution in [3.8, 4) is 5.75 Å². The minimum atomic E-state index is -0.305. The molecule has 1 heterocycles. The SMILES string of the molecule is CCOc1ccc(N2C(=O)S/C(=C\c3ccc(N(C)C)cc3)C2=O)cc1. The number of amides is 2. The third kappa shape index (κ3) is 3.75. The van der Waals surface area contributed by atoms with E-state index in [4.69, 9.17) is 4.74 Å². The van der Waals surface area contributed by atoms with Crippen LogP contribution in [0.4, 0.5) is 16.2 Å². The molecule has 0 bridgehead atoms. The van der Waals surface area contributed by atoms with Crippen LogP contribution in [0.3, 0.4) is 0 Å². The maximum absolute atomic E-state index is 12.7. The number of benzene rings is 2. The normalized spacial score (nSPS) is 15.7. The fourth-order valence-electron chi connectivity index (χ4n) is 2.57. The van der Waals surface area contributed by atoms with Gasteiger partial charge in [0.2, 0.25) is 0 Å². The largest absolute Gasteiger partial charge is 0.494 e. The van der Waals surface area contributed by atoms with Gasteiger partial charge in [0.05, 0.1) is 17.2 Å². The second-order valence-electron chi connectivity index (χ2n) is 5.93. The molecule has 0 N–H and O–H groups in total. The summed E-state index contributed by atoms with van der Waals surface area (Å²) in [5.41, 5.74) is 2.50. The first-order chi connectivity index (χ1) is 12.5. The summed E-state index contributed by atoms with van der Waals surface area (Å²) in [7, 11) is 3.94. The van der Waals surface area contributed by atoms with Crippen LogP contribution in [0.25, 0.3) is 6.08 Å². The van der Waals surface area contributed by atoms with Gasteiger partial charge in [-0.1, -0.05) is 12.1 Å². The Morgan fingerprint density at radius 3 is 2.27 bits per heavy atom. The Morgan fingerprint density at radius 2 is 1.69 bits per heavy atom. The summed E-state index contributed by atoms with van der Waals surface area (Å²) < 4.78 is 5.40. The summed E-state index contributed by atoms with van der Waals surface area (Å²) >= 11 is 0.953. The van der Waals surface area contributed by atoms with Gasteiger partial charge in [-0.2, -0.15) is 0 Å². The van der Waals surface area contributed by atoms with E-state index in [1.54, 1.807) is 30.3 Å². The van der Waals surface area contributed by atoms with Crippen molar-refractivity contribution < 1.29 is 14.3 Å². The summed E-state index contributed by atoms with van der Waals surface area (Å²) in [4.78, 5) is 28.6. The smallest absolute Gasteiger partial charge is 0.298 e. The number of imide groups is 1. The van der Waals surface area contributed by atoms with Crippen molar-refractivity contribution >= 4 is 40.4 Å². The number of thioether (sulfide) groups is 1. The number of hydrogen-bond donors (Lipinski definition) is 0. The van der Waals surface area contributed by atoms with Gasteiger partial charge in [-0.25, -0.2) is 4.90 Å². The van der Waals surface area contributed by atoms with Gasteiger partial charge in [0.15, 0.2) is 0 Å². The maximum atomic E-state index is 12.7. The van der Waals surface area contributed by atoms with Crippen LogP contribution >= 0.6 is 11.8 Å². The molecule has 1 aliphatic rings. The van der Waals surface area contributed by atoms with Gasteiger partial charge in [-0.05, 0) is 66.7 Å². The summed E-state index contributed by atoms with van der Waals surface area (Å²) in [6.07, 6.45) is 1.75. The molecule has 3 rings (SSSR count). The zero-order valence-corrected chi connectivity index (χ0v) is 15.7. The van der Waals surface area contributed by atoms with E-state index >= 15 is 0 Å². The van der Waals surface area contributed by atoms with Crippen molar-refractivity contribution in [1.29, 1.82) is 0 Å². The van der Waals surface area contributed by atoms with E-state index in [1.165, 1.54) is 4.90 Å². The Balaban J connectivity index is 1.81. The lowest BCUT2D eigenvalue weighted by molar-refractivity contribution is -0.113. The second-order valence-corrected chi connectivity index (χ2v) is 6.92. The van der Waals surface area contributed by atoms with Gasteiger partial charge >= 0.3 is 0 Å². The minimum Gasteiger partial charge on any atom is -0.494 e. The summed E-state index contributed by atoms with van der Waals surface area (Å²) in [5, 5.41) is -0.296. The molecule has 0 unspecified atom stereocenters. The lowest BCUT2D eigenvalue weighted by Crippen LogP contribution is -2.27. The Hall–Kier alpha value is -2.73. The number of ether oxygens (including phenoxy) is 1. The van der Waals surface area contributed by atoms with Crippen molar-refractivity contribution in [2.24, 2.45) is 0 Å². The molecule has 134 valence electrons. The van der Waals surface area contributed by atoms with Gasteiger partial charge in [0.1, 0.15) is 5.75 Å². The average molecular weight is 368 g/mol. The van der Waals surface area contributed by atoms with E-state index in [1.807, 2.05) is 50.2 Å². The molecule has 0 spiro atoms. The molecule has 0 aliphatic carbocycles. The van der Waals surface area contributed by atoms with Gasteiger partial charge in [0, 0.05) is 19.8 Å². The number of rotatable bonds is 5. The van der Waals surface area contributed by atoms with Gasteiger partial charge in [-0.15, -0.1) is 0 Å². The highest BCUT2D eigenvalue weighted by Crippen LogP contribution is 2.36. The molecule has 1 saturated heterocycles. The molecule has 1 aliphatic heterocycles. The van der Waals surface area contributed by atoms with Crippen LogP contribution in [0.15, 0.2) is 53.4 Å². The molecule has 5 nitrogen and oxygen atoms in total. The molecule has 1 fully saturated rings. The Labute approximate surface area is 157 Å². The summed E-state index contributed by atoms with van der Waals surface area (Å²) in [6.45, 7) is 2.47. The van der Waals surface area contributed by atoms with Crippen LogP contribution in [0.1, 0.15) is 12.5 Å². The fourth-order valence-corrected chi connectivity index (χ4v) is 3.41. The maximum Gasteiger partial charge on any atom is 0.298 e. The topological polar surface area (TPSA) is 49.9 Å². The number of anilines is 2. The highest BCUT2D eigenvalue weighted by atomic mass is 32.2. The van der Waals surface area contributed by atoms with Crippen LogP contribution in [0.2, 0.25) is 0 Å². The van der Waals surface area contributed by atoms with Crippen molar-refractivity contribution in [1.82, 2.24) is 0 Å². The van der Waals surface area contributed by atoms with Crippen LogP contribution in [-0.2, 0) is 4.79 Å². The lowest BCUT2D eigenvalue weighted by atomic mass is 10.2. The number of carbonyl (C=O) groups is 2. The quantitative estimate of drug-likeness (QED) is 0.733. The first-order valence-electron chi connectivity index (χ1n) is 8.28. The second kappa shape index (κ2) is 7.66. The van der Waals surface area contributed by atoms with Crippen molar-refractivity contribution in [2.75, 3.05) is 30.5 Å². The molecule has 6 heteroatoms. The van der Waals surface area contributed by atoms with Crippen LogP contribution < -0.4 is 14.5 Å². The Bertz CT molecular complexity index is 842. The molecule has 2 aromatic rings. The van der Waals surface area contributed by atoms with Crippen molar-refractivity contribution in [2.45, 2.75) is 6.92 Å². The van der Waals surface area contributed by atoms with E-state index < -0.39 is 0 Å². The fraction of sp³-hybridized carbons (Fsp3) is 0.200. The van der Waals surface area contributed by atoms with E-state index in [0.29, 0.717) is 22.9 Å². The van der Waals surface area contributed by atoms with Crippen LogP contribution in [0.5, 0.6) is 5.75 Å². The molecular formula is C20H20N2O3S. The Morgan fingerprint density at radius 1 is 1.04 bits per heavy atom.